The first-order valence-electron chi connectivity index (χ1n) is 6.30. The lowest BCUT2D eigenvalue weighted by atomic mass is 9.90. The smallest absolute Gasteiger partial charge is 0.0409 e. The van der Waals surface area contributed by atoms with Crippen LogP contribution in [0.2, 0.25) is 0 Å². The summed E-state index contributed by atoms with van der Waals surface area (Å²) in [7, 11) is 0. The predicted molar refractivity (Wildman–Crippen MR) is 75.9 cm³/mol. The average Bonchev–Trinajstić information content (AvgIpc) is 2.13. The van der Waals surface area contributed by atoms with Gasteiger partial charge in [0, 0.05) is 11.9 Å². The fraction of sp³-hybridized carbons (Fsp3) is 0.562. The number of rotatable bonds is 2. The number of allylic oxidation sites excluding steroid dienone is 1. The molecule has 17 heavy (non-hydrogen) atoms. The fourth-order valence-electron chi connectivity index (χ4n) is 1.53. The predicted octanol–water partition coefficient (Wildman–Crippen LogP) is 4.73. The minimum absolute atomic E-state index is 0.226. The maximum Gasteiger partial charge on any atom is 0.0409 e. The van der Waals surface area contributed by atoms with Crippen molar-refractivity contribution < 1.29 is 0 Å². The van der Waals surface area contributed by atoms with Crippen LogP contribution in [0.15, 0.2) is 24.4 Å². The summed E-state index contributed by atoms with van der Waals surface area (Å²) in [6.07, 6.45) is 7.35. The second kappa shape index (κ2) is 5.03. The largest absolute Gasteiger partial charge is 0.261 e. The summed E-state index contributed by atoms with van der Waals surface area (Å²) in [5.74, 6) is 0. The summed E-state index contributed by atoms with van der Waals surface area (Å²) in [6, 6.07) is 4.28. The molecule has 0 unspecified atom stereocenters. The Morgan fingerprint density at radius 2 is 1.71 bits per heavy atom. The van der Waals surface area contributed by atoms with Crippen molar-refractivity contribution in [3.8, 4) is 0 Å². The molecule has 0 saturated carbocycles. The molecular formula is C16H25N. The van der Waals surface area contributed by atoms with Crippen molar-refractivity contribution in [2.24, 2.45) is 10.8 Å². The Kier molecular flexibility index (Phi) is 4.13. The summed E-state index contributed by atoms with van der Waals surface area (Å²) in [4.78, 5) is 4.51. The third-order valence-corrected chi connectivity index (χ3v) is 2.33. The Morgan fingerprint density at radius 3 is 2.12 bits per heavy atom. The number of pyridine rings is 1. The van der Waals surface area contributed by atoms with E-state index in [2.05, 4.69) is 70.8 Å². The molecule has 1 heteroatoms. The van der Waals surface area contributed by atoms with Crippen LogP contribution in [-0.4, -0.2) is 4.98 Å². The third kappa shape index (κ3) is 6.25. The number of hydrogen-bond donors (Lipinski definition) is 0. The fourth-order valence-corrected chi connectivity index (χ4v) is 1.53. The van der Waals surface area contributed by atoms with Crippen LogP contribution in [-0.2, 0) is 6.42 Å². The summed E-state index contributed by atoms with van der Waals surface area (Å²) in [5.41, 5.74) is 2.88. The first-order chi connectivity index (χ1) is 7.66. The van der Waals surface area contributed by atoms with Crippen molar-refractivity contribution in [1.82, 2.24) is 4.98 Å². The molecule has 0 bridgehead atoms. The lowest BCUT2D eigenvalue weighted by Gasteiger charge is -2.17. The maximum atomic E-state index is 4.51. The normalized spacial score (nSPS) is 13.3. The van der Waals surface area contributed by atoms with Gasteiger partial charge in [0.2, 0.25) is 0 Å². The van der Waals surface area contributed by atoms with Gasteiger partial charge in [0.05, 0.1) is 0 Å². The van der Waals surface area contributed by atoms with E-state index >= 15 is 0 Å². The van der Waals surface area contributed by atoms with E-state index in [0.29, 0.717) is 5.41 Å². The molecule has 1 heterocycles. The van der Waals surface area contributed by atoms with Crippen LogP contribution in [0, 0.1) is 10.8 Å². The van der Waals surface area contributed by atoms with Crippen LogP contribution < -0.4 is 0 Å². The Hall–Kier alpha value is -1.11. The lowest BCUT2D eigenvalue weighted by molar-refractivity contribution is 0.406. The highest BCUT2D eigenvalue weighted by atomic mass is 14.7. The van der Waals surface area contributed by atoms with Crippen LogP contribution in [0.5, 0.6) is 0 Å². The summed E-state index contributed by atoms with van der Waals surface area (Å²) < 4.78 is 0. The van der Waals surface area contributed by atoms with Crippen molar-refractivity contribution in [2.75, 3.05) is 0 Å². The summed E-state index contributed by atoms with van der Waals surface area (Å²) in [6.45, 7) is 13.3. The molecule has 0 spiro atoms. The van der Waals surface area contributed by atoms with Crippen LogP contribution >= 0.6 is 0 Å². The average molecular weight is 231 g/mol. The van der Waals surface area contributed by atoms with Gasteiger partial charge in [0.15, 0.2) is 0 Å². The van der Waals surface area contributed by atoms with Crippen LogP contribution in [0.25, 0.3) is 6.08 Å². The van der Waals surface area contributed by atoms with Gasteiger partial charge in [-0.15, -0.1) is 0 Å². The quantitative estimate of drug-likeness (QED) is 0.717. The molecule has 1 nitrogen and oxygen atoms in total. The van der Waals surface area contributed by atoms with E-state index in [1.54, 1.807) is 0 Å². The van der Waals surface area contributed by atoms with Gasteiger partial charge in [0.1, 0.15) is 0 Å². The molecule has 0 aliphatic heterocycles. The number of hydrogen-bond acceptors (Lipinski definition) is 1. The van der Waals surface area contributed by atoms with Crippen LogP contribution in [0.4, 0.5) is 0 Å². The molecule has 0 atom stereocenters. The van der Waals surface area contributed by atoms with Gasteiger partial charge < -0.3 is 0 Å². The molecule has 0 N–H and O–H groups in total. The number of aromatic nitrogens is 1. The Morgan fingerprint density at radius 1 is 1.06 bits per heavy atom. The zero-order chi connectivity index (χ0) is 13.1. The highest BCUT2D eigenvalue weighted by molar-refractivity contribution is 5.48. The molecule has 0 radical (unpaired) electrons. The molecule has 1 rings (SSSR count). The maximum absolute atomic E-state index is 4.51. The standard InChI is InChI=1S/C16H25N/c1-15(2,3)10-9-13-7-8-14(17-12-13)11-16(4,5)6/h7-10,12H,11H2,1-6H3/b10-9+. The zero-order valence-electron chi connectivity index (χ0n) is 12.0. The minimum atomic E-state index is 0.226. The minimum Gasteiger partial charge on any atom is -0.261 e. The zero-order valence-corrected chi connectivity index (χ0v) is 12.0. The van der Waals surface area contributed by atoms with E-state index in [-0.39, 0.29) is 5.41 Å². The molecule has 0 amide bonds. The van der Waals surface area contributed by atoms with Gasteiger partial charge in [-0.25, -0.2) is 0 Å². The van der Waals surface area contributed by atoms with Crippen molar-refractivity contribution in [3.63, 3.8) is 0 Å². The second-order valence-corrected chi connectivity index (χ2v) is 7.02. The van der Waals surface area contributed by atoms with E-state index in [0.717, 1.165) is 6.42 Å². The van der Waals surface area contributed by atoms with E-state index in [4.69, 9.17) is 0 Å². The van der Waals surface area contributed by atoms with Gasteiger partial charge in [0.25, 0.3) is 0 Å². The highest BCUT2D eigenvalue weighted by Gasteiger charge is 2.11. The molecule has 1 aromatic heterocycles. The molecule has 0 aliphatic carbocycles. The third-order valence-electron chi connectivity index (χ3n) is 2.33. The van der Waals surface area contributed by atoms with Crippen molar-refractivity contribution >= 4 is 6.08 Å². The van der Waals surface area contributed by atoms with E-state index in [9.17, 15) is 0 Å². The molecule has 94 valence electrons. The lowest BCUT2D eigenvalue weighted by Crippen LogP contribution is -2.10. The first-order valence-corrected chi connectivity index (χ1v) is 6.30. The van der Waals surface area contributed by atoms with E-state index < -0.39 is 0 Å². The Labute approximate surface area is 106 Å². The van der Waals surface area contributed by atoms with E-state index in [1.807, 2.05) is 6.20 Å². The topological polar surface area (TPSA) is 12.9 Å². The Bertz CT molecular complexity index is 371. The van der Waals surface area contributed by atoms with Gasteiger partial charge in [-0.2, -0.15) is 0 Å². The molecule has 0 aromatic carbocycles. The van der Waals surface area contributed by atoms with Gasteiger partial charge in [-0.1, -0.05) is 59.8 Å². The molecular weight excluding hydrogens is 206 g/mol. The first kappa shape index (κ1) is 14.0. The van der Waals surface area contributed by atoms with Gasteiger partial charge >= 0.3 is 0 Å². The Balaban J connectivity index is 2.72. The number of nitrogens with zero attached hydrogens (tertiary/aromatic N) is 1. The van der Waals surface area contributed by atoms with E-state index in [1.165, 1.54) is 11.3 Å². The SMILES string of the molecule is CC(C)(C)/C=C/c1ccc(CC(C)(C)C)nc1. The van der Waals surface area contributed by atoms with Crippen molar-refractivity contribution in [3.05, 3.63) is 35.7 Å². The van der Waals surface area contributed by atoms with Crippen molar-refractivity contribution in [2.45, 2.75) is 48.0 Å². The van der Waals surface area contributed by atoms with Crippen LogP contribution in [0.1, 0.15) is 52.8 Å². The molecule has 1 aromatic rings. The molecule has 0 fully saturated rings. The monoisotopic (exact) mass is 231 g/mol. The highest BCUT2D eigenvalue weighted by Crippen LogP contribution is 2.20. The molecule has 0 aliphatic rings. The van der Waals surface area contributed by atoms with Crippen LogP contribution in [0.3, 0.4) is 0 Å². The van der Waals surface area contributed by atoms with Crippen molar-refractivity contribution in [1.29, 1.82) is 0 Å². The second-order valence-electron chi connectivity index (χ2n) is 7.02. The molecule has 0 saturated heterocycles. The summed E-state index contributed by atoms with van der Waals surface area (Å²) in [5, 5.41) is 0. The summed E-state index contributed by atoms with van der Waals surface area (Å²) >= 11 is 0. The van der Waals surface area contributed by atoms with Gasteiger partial charge in [-0.05, 0) is 28.9 Å². The van der Waals surface area contributed by atoms with Gasteiger partial charge in [-0.3, -0.25) is 4.98 Å².